The highest BCUT2D eigenvalue weighted by Gasteiger charge is 2.30. The first-order valence-electron chi connectivity index (χ1n) is 6.11. The molecule has 98 valence electrons. The second kappa shape index (κ2) is 6.00. The van der Waals surface area contributed by atoms with E-state index in [2.05, 4.69) is 13.8 Å². The van der Waals surface area contributed by atoms with Crippen LogP contribution >= 0.6 is 0 Å². The second-order valence-electron chi connectivity index (χ2n) is 5.11. The lowest BCUT2D eigenvalue weighted by atomic mass is 9.92. The summed E-state index contributed by atoms with van der Waals surface area (Å²) in [7, 11) is 1.53. The molecule has 1 fully saturated rings. The molecule has 5 heteroatoms. The maximum absolute atomic E-state index is 12.0. The first-order valence-corrected chi connectivity index (χ1v) is 6.11. The van der Waals surface area contributed by atoms with E-state index in [0.717, 1.165) is 6.42 Å². The van der Waals surface area contributed by atoms with Crippen molar-refractivity contribution in [1.29, 1.82) is 0 Å². The topological polar surface area (TPSA) is 60.9 Å². The van der Waals surface area contributed by atoms with Crippen LogP contribution in [0.25, 0.3) is 0 Å². The lowest BCUT2D eigenvalue weighted by Gasteiger charge is -2.35. The van der Waals surface area contributed by atoms with E-state index < -0.39 is 11.8 Å². The van der Waals surface area contributed by atoms with Gasteiger partial charge in [-0.1, -0.05) is 13.8 Å². The monoisotopic (exact) mass is 242 g/mol. The van der Waals surface area contributed by atoms with Crippen LogP contribution in [0.1, 0.15) is 20.3 Å². The third kappa shape index (κ3) is 3.70. The predicted molar refractivity (Wildman–Crippen MR) is 64.2 cm³/mol. The predicted octanol–water partition coefficient (Wildman–Crippen LogP) is -0.0584. The SMILES string of the molecule is CC1CC(C)CN(C(=O)C(=O)N(C)CCO)C1. The molecule has 0 spiro atoms. The Morgan fingerprint density at radius 3 is 2.29 bits per heavy atom. The highest BCUT2D eigenvalue weighted by molar-refractivity contribution is 6.34. The molecule has 1 aliphatic rings. The lowest BCUT2D eigenvalue weighted by molar-refractivity contribution is -0.152. The molecular weight excluding hydrogens is 220 g/mol. The Bertz CT molecular complexity index is 283. The third-order valence-corrected chi connectivity index (χ3v) is 3.12. The minimum Gasteiger partial charge on any atom is -0.395 e. The number of aliphatic hydroxyl groups excluding tert-OH is 1. The third-order valence-electron chi connectivity index (χ3n) is 3.12. The van der Waals surface area contributed by atoms with E-state index in [1.807, 2.05) is 0 Å². The summed E-state index contributed by atoms with van der Waals surface area (Å²) in [5.74, 6) is -0.0861. The number of aliphatic hydroxyl groups is 1. The highest BCUT2D eigenvalue weighted by Crippen LogP contribution is 2.21. The van der Waals surface area contributed by atoms with E-state index in [4.69, 9.17) is 5.11 Å². The van der Waals surface area contributed by atoms with Crippen LogP contribution in [0, 0.1) is 11.8 Å². The van der Waals surface area contributed by atoms with Crippen molar-refractivity contribution >= 4 is 11.8 Å². The van der Waals surface area contributed by atoms with Gasteiger partial charge in [0.1, 0.15) is 0 Å². The standard InChI is InChI=1S/C12H22N2O3/c1-9-6-10(2)8-14(7-9)12(17)11(16)13(3)4-5-15/h9-10,15H,4-8H2,1-3H3. The van der Waals surface area contributed by atoms with E-state index >= 15 is 0 Å². The van der Waals surface area contributed by atoms with Crippen LogP contribution in [-0.2, 0) is 9.59 Å². The molecule has 1 heterocycles. The summed E-state index contributed by atoms with van der Waals surface area (Å²) in [5, 5.41) is 8.74. The van der Waals surface area contributed by atoms with E-state index in [9.17, 15) is 9.59 Å². The molecule has 0 bridgehead atoms. The normalized spacial score (nSPS) is 24.6. The molecule has 17 heavy (non-hydrogen) atoms. The van der Waals surface area contributed by atoms with Crippen molar-refractivity contribution in [3.63, 3.8) is 0 Å². The fourth-order valence-corrected chi connectivity index (χ4v) is 2.38. The molecular formula is C12H22N2O3. The molecule has 2 amide bonds. The molecule has 1 rings (SSSR count). The van der Waals surface area contributed by atoms with Crippen LogP contribution in [0.3, 0.4) is 0 Å². The maximum Gasteiger partial charge on any atom is 0.312 e. The van der Waals surface area contributed by atoms with Gasteiger partial charge in [-0.05, 0) is 18.3 Å². The molecule has 0 aliphatic carbocycles. The van der Waals surface area contributed by atoms with Gasteiger partial charge in [0, 0.05) is 26.7 Å². The Kier molecular flexibility index (Phi) is 4.93. The maximum atomic E-state index is 12.0. The summed E-state index contributed by atoms with van der Waals surface area (Å²) < 4.78 is 0. The van der Waals surface area contributed by atoms with Gasteiger partial charge in [0.15, 0.2) is 0 Å². The van der Waals surface area contributed by atoms with Crippen LogP contribution in [0.5, 0.6) is 0 Å². The molecule has 2 atom stereocenters. The van der Waals surface area contributed by atoms with Crippen molar-refractivity contribution in [2.45, 2.75) is 20.3 Å². The number of rotatable bonds is 2. The molecule has 0 aromatic rings. The summed E-state index contributed by atoms with van der Waals surface area (Å²) in [5.41, 5.74) is 0. The first kappa shape index (κ1) is 14.0. The largest absolute Gasteiger partial charge is 0.395 e. The van der Waals surface area contributed by atoms with E-state index in [1.165, 1.54) is 11.9 Å². The number of carbonyl (C=O) groups is 2. The number of amides is 2. The van der Waals surface area contributed by atoms with Gasteiger partial charge >= 0.3 is 11.8 Å². The van der Waals surface area contributed by atoms with E-state index in [0.29, 0.717) is 24.9 Å². The van der Waals surface area contributed by atoms with Crippen molar-refractivity contribution in [3.05, 3.63) is 0 Å². The summed E-state index contributed by atoms with van der Waals surface area (Å²) in [4.78, 5) is 26.6. The quantitative estimate of drug-likeness (QED) is 0.690. The summed E-state index contributed by atoms with van der Waals surface area (Å²) in [6.45, 7) is 5.57. The Hall–Kier alpha value is -1.10. The van der Waals surface area contributed by atoms with Crippen molar-refractivity contribution in [2.75, 3.05) is 33.3 Å². The Balaban J connectivity index is 2.59. The van der Waals surface area contributed by atoms with Crippen LogP contribution in [0.15, 0.2) is 0 Å². The van der Waals surface area contributed by atoms with Crippen LogP contribution in [-0.4, -0.2) is 60.0 Å². The molecule has 0 aromatic carbocycles. The number of piperidine rings is 1. The molecule has 0 aromatic heterocycles. The minimum absolute atomic E-state index is 0.123. The van der Waals surface area contributed by atoms with Gasteiger partial charge < -0.3 is 14.9 Å². The second-order valence-corrected chi connectivity index (χ2v) is 5.11. The van der Waals surface area contributed by atoms with Crippen LogP contribution < -0.4 is 0 Å². The number of carbonyl (C=O) groups excluding carboxylic acids is 2. The zero-order valence-electron chi connectivity index (χ0n) is 10.8. The Labute approximate surface area is 102 Å². The van der Waals surface area contributed by atoms with Gasteiger partial charge in [-0.2, -0.15) is 0 Å². The van der Waals surface area contributed by atoms with E-state index in [-0.39, 0.29) is 13.2 Å². The Morgan fingerprint density at radius 1 is 1.29 bits per heavy atom. The van der Waals surface area contributed by atoms with Gasteiger partial charge in [-0.25, -0.2) is 0 Å². The van der Waals surface area contributed by atoms with Crippen molar-refractivity contribution in [2.24, 2.45) is 11.8 Å². The molecule has 1 saturated heterocycles. The van der Waals surface area contributed by atoms with Gasteiger partial charge in [-0.3, -0.25) is 9.59 Å². The van der Waals surface area contributed by atoms with Crippen LogP contribution in [0.4, 0.5) is 0 Å². The minimum atomic E-state index is -0.527. The average molecular weight is 242 g/mol. The van der Waals surface area contributed by atoms with E-state index in [1.54, 1.807) is 4.90 Å². The smallest absolute Gasteiger partial charge is 0.312 e. The number of hydrogen-bond donors (Lipinski definition) is 1. The van der Waals surface area contributed by atoms with Gasteiger partial charge in [0.05, 0.1) is 6.61 Å². The highest BCUT2D eigenvalue weighted by atomic mass is 16.3. The average Bonchev–Trinajstić information content (AvgIpc) is 2.26. The first-order chi connectivity index (χ1) is 7.95. The van der Waals surface area contributed by atoms with Gasteiger partial charge in [-0.15, -0.1) is 0 Å². The fraction of sp³-hybridized carbons (Fsp3) is 0.833. The number of hydrogen-bond acceptors (Lipinski definition) is 3. The van der Waals surface area contributed by atoms with Crippen molar-refractivity contribution in [3.8, 4) is 0 Å². The molecule has 0 radical (unpaired) electrons. The van der Waals surface area contributed by atoms with Crippen LogP contribution in [0.2, 0.25) is 0 Å². The summed E-state index contributed by atoms with van der Waals surface area (Å²) in [6, 6.07) is 0. The molecule has 1 N–H and O–H groups in total. The molecule has 1 aliphatic heterocycles. The number of likely N-dealkylation sites (N-methyl/N-ethyl adjacent to an activating group) is 1. The number of nitrogens with zero attached hydrogens (tertiary/aromatic N) is 2. The van der Waals surface area contributed by atoms with Crippen molar-refractivity contribution in [1.82, 2.24) is 9.80 Å². The van der Waals surface area contributed by atoms with Crippen molar-refractivity contribution < 1.29 is 14.7 Å². The van der Waals surface area contributed by atoms with Gasteiger partial charge in [0.25, 0.3) is 0 Å². The lowest BCUT2D eigenvalue weighted by Crippen LogP contribution is -2.49. The molecule has 2 unspecified atom stereocenters. The number of likely N-dealkylation sites (tertiary alicyclic amines) is 1. The summed E-state index contributed by atoms with van der Waals surface area (Å²) >= 11 is 0. The zero-order chi connectivity index (χ0) is 13.0. The van der Waals surface area contributed by atoms with Gasteiger partial charge in [0.2, 0.25) is 0 Å². The molecule has 5 nitrogen and oxygen atoms in total. The molecule has 0 saturated carbocycles. The summed E-state index contributed by atoms with van der Waals surface area (Å²) in [6.07, 6.45) is 1.10. The Morgan fingerprint density at radius 2 is 1.82 bits per heavy atom. The zero-order valence-corrected chi connectivity index (χ0v) is 10.8. The fourth-order valence-electron chi connectivity index (χ4n) is 2.38.